The number of nitrogens with two attached hydrogens (primary N) is 1. The van der Waals surface area contributed by atoms with E-state index >= 15 is 0 Å². The molecule has 208 valence electrons. The number of amides is 3. The summed E-state index contributed by atoms with van der Waals surface area (Å²) in [5.74, 6) is -1.43. The van der Waals surface area contributed by atoms with E-state index in [2.05, 4.69) is 10.6 Å². The number of rotatable bonds is 12. The van der Waals surface area contributed by atoms with Crippen LogP contribution in [0.5, 0.6) is 0 Å². The Morgan fingerprint density at radius 2 is 1.07 bits per heavy atom. The molecule has 3 amide bonds. The first-order valence-electron chi connectivity index (χ1n) is 13.2. The van der Waals surface area contributed by atoms with E-state index in [1.54, 1.807) is 48.5 Å². The van der Waals surface area contributed by atoms with E-state index in [0.29, 0.717) is 16.7 Å². The maximum Gasteiger partial charge on any atom is 0.408 e. The minimum absolute atomic E-state index is 0.0407. The molecule has 8 nitrogen and oxygen atoms in total. The number of alkyl carbamates (subject to hydrolysis) is 1. The number of nitrogens with one attached hydrogen (secondary N) is 2. The van der Waals surface area contributed by atoms with E-state index in [-0.39, 0.29) is 25.2 Å². The number of ketones is 1. The van der Waals surface area contributed by atoms with Gasteiger partial charge >= 0.3 is 6.09 Å². The number of primary amides is 1. The molecule has 0 saturated heterocycles. The number of hydrogen-bond acceptors (Lipinski definition) is 5. The zero-order chi connectivity index (χ0) is 29.0. The van der Waals surface area contributed by atoms with Crippen molar-refractivity contribution in [3.8, 4) is 0 Å². The summed E-state index contributed by atoms with van der Waals surface area (Å²) in [6.45, 7) is 0.0407. The van der Waals surface area contributed by atoms with Gasteiger partial charge in [-0.05, 0) is 16.7 Å². The van der Waals surface area contributed by atoms with Gasteiger partial charge in [-0.2, -0.15) is 0 Å². The fourth-order valence-corrected chi connectivity index (χ4v) is 4.25. The summed E-state index contributed by atoms with van der Waals surface area (Å²) >= 11 is 0. The SMILES string of the molecule is NC(=O)[C@H](Cc1ccc(C(=O)c2ccccc2)cc1)NC(=O)[C@@H](Cc1ccccc1)NC(=O)OCc1ccccc1. The van der Waals surface area contributed by atoms with Crippen LogP contribution in [-0.4, -0.2) is 35.8 Å². The molecule has 41 heavy (non-hydrogen) atoms. The van der Waals surface area contributed by atoms with Gasteiger partial charge in [0.05, 0.1) is 0 Å². The fourth-order valence-electron chi connectivity index (χ4n) is 4.25. The summed E-state index contributed by atoms with van der Waals surface area (Å²) < 4.78 is 5.31. The van der Waals surface area contributed by atoms with Gasteiger partial charge in [0.1, 0.15) is 18.7 Å². The van der Waals surface area contributed by atoms with Crippen molar-refractivity contribution in [3.05, 3.63) is 143 Å². The second-order valence-electron chi connectivity index (χ2n) is 9.51. The zero-order valence-electron chi connectivity index (χ0n) is 22.4. The minimum Gasteiger partial charge on any atom is -0.445 e. The summed E-state index contributed by atoms with van der Waals surface area (Å²) in [5, 5.41) is 5.29. The highest BCUT2D eigenvalue weighted by molar-refractivity contribution is 6.08. The van der Waals surface area contributed by atoms with Crippen molar-refractivity contribution in [2.75, 3.05) is 0 Å². The van der Waals surface area contributed by atoms with Gasteiger partial charge < -0.3 is 21.1 Å². The monoisotopic (exact) mass is 549 g/mol. The zero-order valence-corrected chi connectivity index (χ0v) is 22.4. The predicted molar refractivity (Wildman–Crippen MR) is 155 cm³/mol. The van der Waals surface area contributed by atoms with Crippen LogP contribution in [0.3, 0.4) is 0 Å². The molecule has 0 aliphatic rings. The molecule has 0 heterocycles. The fraction of sp³-hybridized carbons (Fsp3) is 0.152. The van der Waals surface area contributed by atoms with Crippen molar-refractivity contribution in [1.29, 1.82) is 0 Å². The maximum absolute atomic E-state index is 13.3. The Morgan fingerprint density at radius 3 is 1.66 bits per heavy atom. The molecule has 0 fully saturated rings. The standard InChI is InChI=1S/C33H31N3O5/c34-31(38)28(20-24-16-18-27(19-17-24)30(37)26-14-8-3-9-15-26)35-32(39)29(21-23-10-4-1-5-11-23)36-33(40)41-22-25-12-6-2-7-13-25/h1-19,28-29H,20-22H2,(H2,34,38)(H,35,39)(H,36,40)/t28-,29+/m0/s1. The van der Waals surface area contributed by atoms with Crippen LogP contribution in [0, 0.1) is 0 Å². The maximum atomic E-state index is 13.3. The number of ether oxygens (including phenoxy) is 1. The van der Waals surface area contributed by atoms with Crippen LogP contribution in [0.1, 0.15) is 32.6 Å². The lowest BCUT2D eigenvalue weighted by Gasteiger charge is -2.22. The van der Waals surface area contributed by atoms with E-state index in [1.165, 1.54) is 0 Å². The van der Waals surface area contributed by atoms with Gasteiger partial charge in [0.2, 0.25) is 11.8 Å². The van der Waals surface area contributed by atoms with E-state index in [4.69, 9.17) is 10.5 Å². The van der Waals surface area contributed by atoms with Gasteiger partial charge in [0.15, 0.2) is 5.78 Å². The van der Waals surface area contributed by atoms with E-state index in [1.807, 2.05) is 66.7 Å². The molecular formula is C33H31N3O5. The van der Waals surface area contributed by atoms with Gasteiger partial charge in [-0.3, -0.25) is 14.4 Å². The van der Waals surface area contributed by atoms with Crippen molar-refractivity contribution in [3.63, 3.8) is 0 Å². The molecule has 0 aliphatic carbocycles. The van der Waals surface area contributed by atoms with Crippen LogP contribution in [0.2, 0.25) is 0 Å². The molecule has 0 unspecified atom stereocenters. The lowest BCUT2D eigenvalue weighted by atomic mass is 9.99. The first kappa shape index (κ1) is 28.8. The summed E-state index contributed by atoms with van der Waals surface area (Å²) in [7, 11) is 0. The highest BCUT2D eigenvalue weighted by atomic mass is 16.5. The molecule has 0 spiro atoms. The lowest BCUT2D eigenvalue weighted by molar-refractivity contribution is -0.128. The third-order valence-electron chi connectivity index (χ3n) is 6.46. The van der Waals surface area contributed by atoms with Gasteiger partial charge in [0, 0.05) is 24.0 Å². The smallest absolute Gasteiger partial charge is 0.408 e. The molecule has 4 aromatic rings. The highest BCUT2D eigenvalue weighted by Crippen LogP contribution is 2.13. The van der Waals surface area contributed by atoms with E-state index < -0.39 is 30.0 Å². The Hall–Kier alpha value is -5.24. The van der Waals surface area contributed by atoms with Crippen molar-refractivity contribution in [2.24, 2.45) is 5.73 Å². The highest BCUT2D eigenvalue weighted by Gasteiger charge is 2.27. The molecule has 4 N–H and O–H groups in total. The first-order valence-corrected chi connectivity index (χ1v) is 13.2. The average molecular weight is 550 g/mol. The molecule has 0 bridgehead atoms. The molecule has 4 aromatic carbocycles. The number of hydrogen-bond donors (Lipinski definition) is 3. The largest absolute Gasteiger partial charge is 0.445 e. The normalized spacial score (nSPS) is 12.0. The molecule has 0 radical (unpaired) electrons. The Morgan fingerprint density at radius 1 is 0.585 bits per heavy atom. The number of benzene rings is 4. The quantitative estimate of drug-likeness (QED) is 0.231. The summed E-state index contributed by atoms with van der Waals surface area (Å²) in [4.78, 5) is 50.9. The molecular weight excluding hydrogens is 518 g/mol. The van der Waals surface area contributed by atoms with Crippen LogP contribution in [0.15, 0.2) is 115 Å². The molecule has 0 aliphatic heterocycles. The van der Waals surface area contributed by atoms with Gasteiger partial charge in [-0.1, -0.05) is 115 Å². The average Bonchev–Trinajstić information content (AvgIpc) is 3.00. The van der Waals surface area contributed by atoms with Crippen molar-refractivity contribution in [2.45, 2.75) is 31.5 Å². The molecule has 2 atom stereocenters. The van der Waals surface area contributed by atoms with Crippen LogP contribution in [0.4, 0.5) is 4.79 Å². The Labute approximate surface area is 238 Å². The predicted octanol–water partition coefficient (Wildman–Crippen LogP) is 3.97. The first-order chi connectivity index (χ1) is 19.9. The number of carbonyl (C=O) groups is 4. The van der Waals surface area contributed by atoms with Gasteiger partial charge in [-0.25, -0.2) is 4.79 Å². The minimum atomic E-state index is -1.04. The second kappa shape index (κ2) is 14.2. The number of carbonyl (C=O) groups excluding carboxylic acids is 4. The molecule has 0 aromatic heterocycles. The summed E-state index contributed by atoms with van der Waals surface area (Å²) in [6, 6.07) is 32.0. The third kappa shape index (κ3) is 8.63. The van der Waals surface area contributed by atoms with Crippen LogP contribution < -0.4 is 16.4 Å². The van der Waals surface area contributed by atoms with E-state index in [0.717, 1.165) is 11.1 Å². The van der Waals surface area contributed by atoms with Crippen molar-refractivity contribution < 1.29 is 23.9 Å². The Balaban J connectivity index is 1.42. The Kier molecular flexibility index (Phi) is 9.98. The van der Waals surface area contributed by atoms with Crippen LogP contribution in [-0.2, 0) is 33.8 Å². The van der Waals surface area contributed by atoms with E-state index in [9.17, 15) is 19.2 Å². The third-order valence-corrected chi connectivity index (χ3v) is 6.46. The Bertz CT molecular complexity index is 1460. The molecule has 8 heteroatoms. The summed E-state index contributed by atoms with van der Waals surface area (Å²) in [5.41, 5.74) is 9.02. The van der Waals surface area contributed by atoms with Gasteiger partial charge in [-0.15, -0.1) is 0 Å². The molecule has 4 rings (SSSR count). The summed E-state index contributed by atoms with van der Waals surface area (Å²) in [6.07, 6.45) is -0.481. The van der Waals surface area contributed by atoms with Gasteiger partial charge in [0.25, 0.3) is 0 Å². The van der Waals surface area contributed by atoms with Crippen molar-refractivity contribution >= 4 is 23.7 Å². The van der Waals surface area contributed by atoms with Crippen LogP contribution >= 0.6 is 0 Å². The lowest BCUT2D eigenvalue weighted by Crippen LogP contribution is -2.54. The van der Waals surface area contributed by atoms with Crippen molar-refractivity contribution in [1.82, 2.24) is 10.6 Å². The van der Waals surface area contributed by atoms with Crippen LogP contribution in [0.25, 0.3) is 0 Å². The molecule has 0 saturated carbocycles. The topological polar surface area (TPSA) is 128 Å². The second-order valence-corrected chi connectivity index (χ2v) is 9.51.